The molecule has 0 aliphatic carbocycles. The number of ether oxygens (including phenoxy) is 1. The molecule has 146 valence electrons. The van der Waals surface area contributed by atoms with Crippen molar-refractivity contribution in [3.63, 3.8) is 0 Å². The van der Waals surface area contributed by atoms with Crippen LogP contribution < -0.4 is 0 Å². The molecule has 27 heavy (non-hydrogen) atoms. The van der Waals surface area contributed by atoms with E-state index in [2.05, 4.69) is 35.5 Å². The molecule has 1 aromatic carbocycles. The Labute approximate surface area is 166 Å². The number of imidazole rings is 1. The van der Waals surface area contributed by atoms with E-state index >= 15 is 0 Å². The molecule has 1 amide bonds. The number of benzene rings is 1. The zero-order valence-electron chi connectivity index (χ0n) is 16.6. The smallest absolute Gasteiger partial charge is 0.233 e. The topological polar surface area (TPSA) is 47.4 Å². The van der Waals surface area contributed by atoms with Gasteiger partial charge in [0.1, 0.15) is 0 Å². The Balaban J connectivity index is 1.63. The second-order valence-electron chi connectivity index (χ2n) is 7.19. The van der Waals surface area contributed by atoms with Gasteiger partial charge in [-0.15, -0.1) is 0 Å². The maximum atomic E-state index is 12.7. The maximum absolute atomic E-state index is 12.7. The molecule has 1 aromatic heterocycles. The highest BCUT2D eigenvalue weighted by atomic mass is 32.2. The summed E-state index contributed by atoms with van der Waals surface area (Å²) in [7, 11) is 1.87. The van der Waals surface area contributed by atoms with Gasteiger partial charge in [0, 0.05) is 19.3 Å². The first-order chi connectivity index (χ1) is 13.0. The van der Waals surface area contributed by atoms with Crippen molar-refractivity contribution in [2.24, 2.45) is 0 Å². The van der Waals surface area contributed by atoms with Gasteiger partial charge in [-0.3, -0.25) is 4.79 Å². The molecule has 2 atom stereocenters. The van der Waals surface area contributed by atoms with E-state index in [4.69, 9.17) is 4.74 Å². The van der Waals surface area contributed by atoms with E-state index in [0.29, 0.717) is 5.75 Å². The van der Waals surface area contributed by atoms with Gasteiger partial charge in [-0.25, -0.2) is 4.98 Å². The summed E-state index contributed by atoms with van der Waals surface area (Å²) >= 11 is 1.52. The van der Waals surface area contributed by atoms with Crippen molar-refractivity contribution in [2.75, 3.05) is 19.4 Å². The third-order valence-electron chi connectivity index (χ3n) is 5.41. The van der Waals surface area contributed by atoms with Gasteiger partial charge in [0.25, 0.3) is 0 Å². The fourth-order valence-corrected chi connectivity index (χ4v) is 4.36. The highest BCUT2D eigenvalue weighted by Gasteiger charge is 2.22. The van der Waals surface area contributed by atoms with Crippen LogP contribution in [0.5, 0.6) is 0 Å². The van der Waals surface area contributed by atoms with Crippen molar-refractivity contribution < 1.29 is 9.53 Å². The van der Waals surface area contributed by atoms with Crippen LogP contribution >= 0.6 is 11.8 Å². The summed E-state index contributed by atoms with van der Waals surface area (Å²) in [6.07, 6.45) is 2.48. The maximum Gasteiger partial charge on any atom is 0.233 e. The van der Waals surface area contributed by atoms with Crippen LogP contribution in [-0.2, 0) is 16.1 Å². The molecule has 3 rings (SSSR count). The fraction of sp³-hybridized carbons (Fsp3) is 0.524. The van der Waals surface area contributed by atoms with E-state index in [0.717, 1.165) is 48.1 Å². The van der Waals surface area contributed by atoms with E-state index in [1.807, 2.05) is 37.1 Å². The number of hydrogen-bond acceptors (Lipinski definition) is 4. The van der Waals surface area contributed by atoms with Crippen molar-refractivity contribution >= 4 is 17.7 Å². The van der Waals surface area contributed by atoms with Crippen molar-refractivity contribution in [1.29, 1.82) is 0 Å². The molecule has 2 aromatic rings. The summed E-state index contributed by atoms with van der Waals surface area (Å²) in [5.41, 5.74) is 3.32. The quantitative estimate of drug-likeness (QED) is 0.674. The number of aryl methyl sites for hydroxylation is 1. The first kappa shape index (κ1) is 20.0. The summed E-state index contributed by atoms with van der Waals surface area (Å²) in [5, 5.41) is 0.912. The van der Waals surface area contributed by atoms with Gasteiger partial charge >= 0.3 is 0 Å². The van der Waals surface area contributed by atoms with Crippen LogP contribution in [0.25, 0.3) is 0 Å². The molecule has 1 aliphatic heterocycles. The van der Waals surface area contributed by atoms with Crippen LogP contribution in [0.3, 0.4) is 0 Å². The highest BCUT2D eigenvalue weighted by Crippen LogP contribution is 2.26. The third-order valence-corrected chi connectivity index (χ3v) is 6.38. The number of nitrogens with zero attached hydrogens (tertiary/aromatic N) is 3. The summed E-state index contributed by atoms with van der Waals surface area (Å²) in [5.74, 6) is 0.494. The van der Waals surface area contributed by atoms with Crippen LogP contribution in [0.15, 0.2) is 35.5 Å². The Morgan fingerprint density at radius 1 is 1.37 bits per heavy atom. The summed E-state index contributed by atoms with van der Waals surface area (Å²) in [6.45, 7) is 7.84. The molecule has 2 unspecified atom stereocenters. The molecule has 6 heteroatoms. The Kier molecular flexibility index (Phi) is 6.60. The molecular weight excluding hydrogens is 358 g/mol. The highest BCUT2D eigenvalue weighted by molar-refractivity contribution is 7.99. The third kappa shape index (κ3) is 4.74. The van der Waals surface area contributed by atoms with Gasteiger partial charge in [0.05, 0.1) is 30.1 Å². The Hall–Kier alpha value is -1.79. The van der Waals surface area contributed by atoms with Gasteiger partial charge in [0.2, 0.25) is 5.91 Å². The van der Waals surface area contributed by atoms with Gasteiger partial charge in [-0.2, -0.15) is 0 Å². The van der Waals surface area contributed by atoms with Gasteiger partial charge in [-0.1, -0.05) is 42.1 Å². The average Bonchev–Trinajstić information content (AvgIpc) is 3.29. The van der Waals surface area contributed by atoms with E-state index in [9.17, 15) is 4.79 Å². The van der Waals surface area contributed by atoms with Crippen LogP contribution in [0.1, 0.15) is 42.8 Å². The molecule has 2 heterocycles. The molecule has 0 spiro atoms. The molecule has 1 saturated heterocycles. The van der Waals surface area contributed by atoms with Gasteiger partial charge in [0.15, 0.2) is 5.16 Å². The molecule has 0 N–H and O–H groups in total. The Bertz CT molecular complexity index is 769. The number of rotatable bonds is 7. The van der Waals surface area contributed by atoms with Crippen LogP contribution in [-0.4, -0.2) is 45.9 Å². The molecular formula is C21H29N3O2S. The standard InChI is InChI=1S/C21H29N3O2S/c1-15-16(2)24(13-19-11-8-12-26-19)21(22-15)27-14-20(25)23(4)17(3)18-9-6-5-7-10-18/h5-7,9-10,17,19H,8,11-14H2,1-4H3. The minimum Gasteiger partial charge on any atom is -0.376 e. The van der Waals surface area contributed by atoms with E-state index in [-0.39, 0.29) is 18.1 Å². The average molecular weight is 388 g/mol. The monoisotopic (exact) mass is 387 g/mol. The first-order valence-corrected chi connectivity index (χ1v) is 10.5. The predicted octanol–water partition coefficient (Wildman–Crippen LogP) is 3.99. The minimum atomic E-state index is 0.0504. The molecule has 0 saturated carbocycles. The second-order valence-corrected chi connectivity index (χ2v) is 8.13. The fourth-order valence-electron chi connectivity index (χ4n) is 3.34. The van der Waals surface area contributed by atoms with Gasteiger partial charge < -0.3 is 14.2 Å². The summed E-state index contributed by atoms with van der Waals surface area (Å²) in [4.78, 5) is 19.2. The molecule has 5 nitrogen and oxygen atoms in total. The zero-order chi connectivity index (χ0) is 19.4. The first-order valence-electron chi connectivity index (χ1n) is 9.56. The van der Waals surface area contributed by atoms with Crippen molar-refractivity contribution in [2.45, 2.75) is 57.5 Å². The Morgan fingerprint density at radius 2 is 2.11 bits per heavy atom. The number of hydrogen-bond donors (Lipinski definition) is 0. The van der Waals surface area contributed by atoms with Crippen molar-refractivity contribution in [3.8, 4) is 0 Å². The molecule has 1 fully saturated rings. The van der Waals surface area contributed by atoms with Gasteiger partial charge in [-0.05, 0) is 39.2 Å². The molecule has 0 bridgehead atoms. The second kappa shape index (κ2) is 8.93. The van der Waals surface area contributed by atoms with Crippen molar-refractivity contribution in [3.05, 3.63) is 47.3 Å². The summed E-state index contributed by atoms with van der Waals surface area (Å²) in [6, 6.07) is 10.2. The van der Waals surface area contributed by atoms with Crippen LogP contribution in [0.4, 0.5) is 0 Å². The predicted molar refractivity (Wildman–Crippen MR) is 109 cm³/mol. The molecule has 0 radical (unpaired) electrons. The minimum absolute atomic E-state index is 0.0504. The molecule has 1 aliphatic rings. The lowest BCUT2D eigenvalue weighted by molar-refractivity contribution is -0.128. The summed E-state index contributed by atoms with van der Waals surface area (Å²) < 4.78 is 8.00. The number of carbonyl (C=O) groups excluding carboxylic acids is 1. The SMILES string of the molecule is Cc1nc(SCC(=O)N(C)C(C)c2ccccc2)n(CC2CCCO2)c1C. The number of carbonyl (C=O) groups is 1. The normalized spacial score (nSPS) is 17.9. The van der Waals surface area contributed by atoms with E-state index in [1.165, 1.54) is 11.8 Å². The number of thioether (sulfide) groups is 1. The van der Waals surface area contributed by atoms with Crippen molar-refractivity contribution in [1.82, 2.24) is 14.5 Å². The lowest BCUT2D eigenvalue weighted by Crippen LogP contribution is -2.31. The number of aromatic nitrogens is 2. The van der Waals surface area contributed by atoms with Crippen LogP contribution in [0.2, 0.25) is 0 Å². The van der Waals surface area contributed by atoms with E-state index in [1.54, 1.807) is 0 Å². The van der Waals surface area contributed by atoms with E-state index < -0.39 is 0 Å². The largest absolute Gasteiger partial charge is 0.376 e. The zero-order valence-corrected chi connectivity index (χ0v) is 17.5. The Morgan fingerprint density at radius 3 is 2.78 bits per heavy atom. The number of amides is 1. The lowest BCUT2D eigenvalue weighted by atomic mass is 10.1. The lowest BCUT2D eigenvalue weighted by Gasteiger charge is -2.25. The van der Waals surface area contributed by atoms with Crippen LogP contribution in [0, 0.1) is 13.8 Å².